The minimum atomic E-state index is -4.53. The number of anilines is 1. The Bertz CT molecular complexity index is 1020. The summed E-state index contributed by atoms with van der Waals surface area (Å²) >= 11 is 0. The van der Waals surface area contributed by atoms with E-state index in [0.29, 0.717) is 5.69 Å². The fourth-order valence-corrected chi connectivity index (χ4v) is 2.48. The van der Waals surface area contributed by atoms with Crippen molar-refractivity contribution in [2.45, 2.75) is 19.2 Å². The van der Waals surface area contributed by atoms with Gasteiger partial charge < -0.3 is 10.1 Å². The third-order valence-electron chi connectivity index (χ3n) is 3.98. The highest BCUT2D eigenvalue weighted by molar-refractivity contribution is 5.97. The lowest BCUT2D eigenvalue weighted by Gasteiger charge is -2.14. The van der Waals surface area contributed by atoms with E-state index in [-0.39, 0.29) is 11.4 Å². The maximum Gasteiger partial charge on any atom is 0.416 e. The Morgan fingerprint density at radius 1 is 1.07 bits per heavy atom. The summed E-state index contributed by atoms with van der Waals surface area (Å²) in [5.41, 5.74) is 0.408. The molecule has 0 saturated carbocycles. The second kappa shape index (κ2) is 8.17. The van der Waals surface area contributed by atoms with Gasteiger partial charge >= 0.3 is 12.1 Å². The number of ether oxygens (including phenoxy) is 1. The Kier molecular flexibility index (Phi) is 5.67. The Balaban J connectivity index is 1.63. The lowest BCUT2D eigenvalue weighted by Crippen LogP contribution is -2.30. The molecular formula is C20H16F3N3O3. The van der Waals surface area contributed by atoms with E-state index in [1.807, 2.05) is 30.3 Å². The van der Waals surface area contributed by atoms with Gasteiger partial charge in [-0.3, -0.25) is 9.89 Å². The van der Waals surface area contributed by atoms with Crippen molar-refractivity contribution >= 4 is 17.6 Å². The smallest absolute Gasteiger partial charge is 0.416 e. The summed E-state index contributed by atoms with van der Waals surface area (Å²) in [5.74, 6) is -1.58. The maximum atomic E-state index is 12.8. The molecule has 0 aliphatic heterocycles. The maximum absolute atomic E-state index is 12.8. The van der Waals surface area contributed by atoms with Crippen LogP contribution in [0.5, 0.6) is 0 Å². The van der Waals surface area contributed by atoms with Crippen molar-refractivity contribution in [2.24, 2.45) is 0 Å². The average molecular weight is 403 g/mol. The second-order valence-electron chi connectivity index (χ2n) is 6.15. The van der Waals surface area contributed by atoms with E-state index in [1.165, 1.54) is 25.1 Å². The molecule has 2 N–H and O–H groups in total. The fourth-order valence-electron chi connectivity index (χ4n) is 2.48. The normalized spacial score (nSPS) is 12.3. The minimum absolute atomic E-state index is 0.0440. The van der Waals surface area contributed by atoms with Gasteiger partial charge in [-0.05, 0) is 31.2 Å². The van der Waals surface area contributed by atoms with Crippen molar-refractivity contribution in [3.8, 4) is 11.3 Å². The number of rotatable bonds is 5. The molecule has 6 nitrogen and oxygen atoms in total. The number of carbonyl (C=O) groups is 2. The summed E-state index contributed by atoms with van der Waals surface area (Å²) in [6.45, 7) is 1.31. The number of aromatic amines is 1. The number of benzene rings is 2. The topological polar surface area (TPSA) is 84.1 Å². The van der Waals surface area contributed by atoms with Crippen LogP contribution in [0.3, 0.4) is 0 Å². The molecule has 1 aromatic heterocycles. The first-order chi connectivity index (χ1) is 13.7. The van der Waals surface area contributed by atoms with E-state index >= 15 is 0 Å². The van der Waals surface area contributed by atoms with E-state index in [4.69, 9.17) is 4.74 Å². The molecule has 1 amide bonds. The molecule has 1 heterocycles. The van der Waals surface area contributed by atoms with Gasteiger partial charge in [0.25, 0.3) is 5.91 Å². The minimum Gasteiger partial charge on any atom is -0.448 e. The highest BCUT2D eigenvalue weighted by Gasteiger charge is 2.30. The molecule has 0 unspecified atom stereocenters. The number of nitrogens with zero attached hydrogens (tertiary/aromatic N) is 1. The molecule has 3 aromatic rings. The molecule has 0 radical (unpaired) electrons. The van der Waals surface area contributed by atoms with Gasteiger partial charge in [0.05, 0.1) is 11.3 Å². The molecule has 0 bridgehead atoms. The number of alkyl halides is 3. The monoisotopic (exact) mass is 403 g/mol. The van der Waals surface area contributed by atoms with Crippen LogP contribution in [0.2, 0.25) is 0 Å². The van der Waals surface area contributed by atoms with E-state index in [0.717, 1.165) is 17.7 Å². The number of carbonyl (C=O) groups excluding carboxylic acids is 2. The molecule has 0 spiro atoms. The molecule has 0 aliphatic rings. The Morgan fingerprint density at radius 3 is 2.48 bits per heavy atom. The number of esters is 1. The van der Waals surface area contributed by atoms with Gasteiger partial charge in [0.15, 0.2) is 6.10 Å². The molecule has 1 atom stereocenters. The highest BCUT2D eigenvalue weighted by atomic mass is 19.4. The lowest BCUT2D eigenvalue weighted by atomic mass is 10.1. The number of H-pyrrole nitrogens is 1. The summed E-state index contributed by atoms with van der Waals surface area (Å²) in [7, 11) is 0. The van der Waals surface area contributed by atoms with Crippen LogP contribution in [0.25, 0.3) is 11.3 Å². The zero-order valence-electron chi connectivity index (χ0n) is 15.2. The van der Waals surface area contributed by atoms with Crippen molar-refractivity contribution in [1.82, 2.24) is 10.2 Å². The third kappa shape index (κ3) is 5.01. The SMILES string of the molecule is C[C@H](OC(=O)c1cc(-c2ccccc2)n[nH]1)C(=O)Nc1cccc(C(F)(F)F)c1. The molecule has 0 saturated heterocycles. The molecule has 9 heteroatoms. The molecule has 29 heavy (non-hydrogen) atoms. The Labute approximate surface area is 163 Å². The average Bonchev–Trinajstić information content (AvgIpc) is 3.18. The van der Waals surface area contributed by atoms with Crippen LogP contribution in [0, 0.1) is 0 Å². The van der Waals surface area contributed by atoms with Crippen molar-refractivity contribution in [3.05, 3.63) is 71.9 Å². The van der Waals surface area contributed by atoms with Crippen LogP contribution in [0.15, 0.2) is 60.7 Å². The van der Waals surface area contributed by atoms with Gasteiger partial charge in [-0.15, -0.1) is 0 Å². The summed E-state index contributed by atoms with van der Waals surface area (Å²) in [4.78, 5) is 24.4. The van der Waals surface area contributed by atoms with Crippen LogP contribution in [-0.2, 0) is 15.7 Å². The molecule has 3 rings (SSSR count). The molecule has 0 fully saturated rings. The number of hydrogen-bond donors (Lipinski definition) is 2. The number of amides is 1. The zero-order chi connectivity index (χ0) is 21.0. The van der Waals surface area contributed by atoms with Crippen LogP contribution in [-0.4, -0.2) is 28.2 Å². The highest BCUT2D eigenvalue weighted by Crippen LogP contribution is 2.30. The van der Waals surface area contributed by atoms with E-state index in [1.54, 1.807) is 0 Å². The summed E-state index contributed by atoms with van der Waals surface area (Å²) in [6.07, 6.45) is -5.77. The summed E-state index contributed by atoms with van der Waals surface area (Å²) in [6, 6.07) is 14.8. The van der Waals surface area contributed by atoms with Gasteiger partial charge in [-0.25, -0.2) is 4.79 Å². The van der Waals surface area contributed by atoms with Gasteiger partial charge in [0, 0.05) is 11.3 Å². The first-order valence-corrected chi connectivity index (χ1v) is 8.54. The van der Waals surface area contributed by atoms with Crippen LogP contribution >= 0.6 is 0 Å². The summed E-state index contributed by atoms with van der Waals surface area (Å²) < 4.78 is 43.3. The fraction of sp³-hybridized carbons (Fsp3) is 0.150. The molecule has 0 aliphatic carbocycles. The molecule has 150 valence electrons. The quantitative estimate of drug-likeness (QED) is 0.623. The van der Waals surface area contributed by atoms with Gasteiger partial charge in [-0.1, -0.05) is 36.4 Å². The predicted molar refractivity (Wildman–Crippen MR) is 99.0 cm³/mol. The second-order valence-corrected chi connectivity index (χ2v) is 6.15. The standard InChI is InChI=1S/C20H16F3N3O3/c1-12(18(27)24-15-9-5-8-14(10-15)20(21,22)23)29-19(28)17-11-16(25-26-17)13-6-3-2-4-7-13/h2-12H,1H3,(H,24,27)(H,25,26)/t12-/m0/s1. The largest absolute Gasteiger partial charge is 0.448 e. The number of nitrogens with one attached hydrogen (secondary N) is 2. The Hall–Kier alpha value is -3.62. The molecule has 2 aromatic carbocycles. The van der Waals surface area contributed by atoms with E-state index in [2.05, 4.69) is 15.5 Å². The number of aromatic nitrogens is 2. The van der Waals surface area contributed by atoms with Crippen LogP contribution < -0.4 is 5.32 Å². The van der Waals surface area contributed by atoms with Crippen LogP contribution in [0.1, 0.15) is 23.0 Å². The lowest BCUT2D eigenvalue weighted by molar-refractivity contribution is -0.137. The van der Waals surface area contributed by atoms with Gasteiger partial charge in [-0.2, -0.15) is 18.3 Å². The van der Waals surface area contributed by atoms with Crippen molar-refractivity contribution in [2.75, 3.05) is 5.32 Å². The van der Waals surface area contributed by atoms with E-state index in [9.17, 15) is 22.8 Å². The predicted octanol–water partition coefficient (Wildman–Crippen LogP) is 4.28. The first kappa shape index (κ1) is 20.1. The summed E-state index contributed by atoms with van der Waals surface area (Å²) in [5, 5.41) is 8.87. The first-order valence-electron chi connectivity index (χ1n) is 8.54. The van der Waals surface area contributed by atoms with Gasteiger partial charge in [0.2, 0.25) is 0 Å². The van der Waals surface area contributed by atoms with Crippen molar-refractivity contribution in [1.29, 1.82) is 0 Å². The molecular weight excluding hydrogens is 387 g/mol. The van der Waals surface area contributed by atoms with Crippen molar-refractivity contribution in [3.63, 3.8) is 0 Å². The van der Waals surface area contributed by atoms with Crippen molar-refractivity contribution < 1.29 is 27.5 Å². The van der Waals surface area contributed by atoms with Crippen LogP contribution in [0.4, 0.5) is 18.9 Å². The van der Waals surface area contributed by atoms with Gasteiger partial charge in [0.1, 0.15) is 5.69 Å². The number of hydrogen-bond acceptors (Lipinski definition) is 4. The zero-order valence-corrected chi connectivity index (χ0v) is 15.2. The Morgan fingerprint density at radius 2 is 1.79 bits per heavy atom. The third-order valence-corrected chi connectivity index (χ3v) is 3.98. The number of halogens is 3. The van der Waals surface area contributed by atoms with E-state index < -0.39 is 29.7 Å².